The first-order chi connectivity index (χ1) is 10.2. The Kier molecular flexibility index (Phi) is 4.01. The quantitative estimate of drug-likeness (QED) is 0.927. The summed E-state index contributed by atoms with van der Waals surface area (Å²) >= 11 is 0. The van der Waals surface area contributed by atoms with Crippen LogP contribution in [0.2, 0.25) is 0 Å². The Balaban J connectivity index is 1.84. The Morgan fingerprint density at radius 2 is 1.76 bits per heavy atom. The van der Waals surface area contributed by atoms with E-state index >= 15 is 0 Å². The van der Waals surface area contributed by atoms with E-state index in [1.54, 1.807) is 0 Å². The predicted molar refractivity (Wildman–Crippen MR) is 86.9 cm³/mol. The van der Waals surface area contributed by atoms with Gasteiger partial charge in [-0.1, -0.05) is 12.1 Å². The molecule has 1 aromatic carbocycles. The summed E-state index contributed by atoms with van der Waals surface area (Å²) in [6, 6.07) is 10.4. The van der Waals surface area contributed by atoms with Crippen molar-refractivity contribution in [3.8, 4) is 11.3 Å². The number of hydrogen-bond donors (Lipinski definition) is 1. The van der Waals surface area contributed by atoms with Crippen molar-refractivity contribution in [1.29, 1.82) is 0 Å². The molecule has 1 aromatic heterocycles. The zero-order chi connectivity index (χ0) is 14.7. The number of anilines is 2. The minimum absolute atomic E-state index is 0.825. The highest BCUT2D eigenvalue weighted by atomic mass is 15.3. The molecule has 5 heteroatoms. The van der Waals surface area contributed by atoms with Gasteiger partial charge in [0.2, 0.25) is 5.95 Å². The van der Waals surface area contributed by atoms with Gasteiger partial charge in [0.25, 0.3) is 0 Å². The van der Waals surface area contributed by atoms with E-state index in [0.29, 0.717) is 0 Å². The number of nitrogens with one attached hydrogen (secondary N) is 1. The van der Waals surface area contributed by atoms with Crippen molar-refractivity contribution >= 4 is 11.6 Å². The molecule has 5 nitrogen and oxygen atoms in total. The van der Waals surface area contributed by atoms with Crippen molar-refractivity contribution in [2.45, 2.75) is 0 Å². The number of hydrogen-bond acceptors (Lipinski definition) is 5. The molecule has 110 valence electrons. The van der Waals surface area contributed by atoms with Crippen LogP contribution in [0.3, 0.4) is 0 Å². The molecule has 0 bridgehead atoms. The van der Waals surface area contributed by atoms with Crippen LogP contribution >= 0.6 is 0 Å². The van der Waals surface area contributed by atoms with Gasteiger partial charge in [0.1, 0.15) is 0 Å². The molecule has 3 rings (SSSR count). The molecule has 0 atom stereocenters. The van der Waals surface area contributed by atoms with Crippen LogP contribution < -0.4 is 15.1 Å². The molecule has 1 N–H and O–H groups in total. The highest BCUT2D eigenvalue weighted by Crippen LogP contribution is 2.22. The molecule has 0 unspecified atom stereocenters. The van der Waals surface area contributed by atoms with Crippen molar-refractivity contribution < 1.29 is 0 Å². The van der Waals surface area contributed by atoms with E-state index in [-0.39, 0.29) is 0 Å². The predicted octanol–water partition coefficient (Wildman–Crippen LogP) is 1.62. The third-order valence-corrected chi connectivity index (χ3v) is 3.72. The topological polar surface area (TPSA) is 44.3 Å². The largest absolute Gasteiger partial charge is 0.378 e. The lowest BCUT2D eigenvalue weighted by molar-refractivity contribution is 0.580. The lowest BCUT2D eigenvalue weighted by Crippen LogP contribution is -2.44. The van der Waals surface area contributed by atoms with E-state index in [1.807, 2.05) is 26.4 Å². The van der Waals surface area contributed by atoms with E-state index in [2.05, 4.69) is 44.4 Å². The summed E-state index contributed by atoms with van der Waals surface area (Å²) < 4.78 is 0. The zero-order valence-corrected chi connectivity index (χ0v) is 12.6. The normalized spacial score (nSPS) is 15.0. The Morgan fingerprint density at radius 1 is 1.05 bits per heavy atom. The molecule has 0 radical (unpaired) electrons. The average Bonchev–Trinajstić information content (AvgIpc) is 2.56. The van der Waals surface area contributed by atoms with Gasteiger partial charge < -0.3 is 15.1 Å². The molecule has 0 saturated carbocycles. The maximum Gasteiger partial charge on any atom is 0.225 e. The maximum absolute atomic E-state index is 4.71. The molecule has 1 aliphatic heterocycles. The van der Waals surface area contributed by atoms with Crippen molar-refractivity contribution in [2.75, 3.05) is 50.1 Å². The molecule has 2 heterocycles. The number of nitrogens with zero attached hydrogens (tertiary/aromatic N) is 4. The van der Waals surface area contributed by atoms with Gasteiger partial charge in [-0.25, -0.2) is 9.97 Å². The van der Waals surface area contributed by atoms with Gasteiger partial charge in [-0.15, -0.1) is 0 Å². The summed E-state index contributed by atoms with van der Waals surface area (Å²) in [4.78, 5) is 13.5. The van der Waals surface area contributed by atoms with Crippen molar-refractivity contribution in [2.24, 2.45) is 0 Å². The molecule has 1 aliphatic rings. The SMILES string of the molecule is CN(C)c1ccc(-c2ccnc(N3CCNCC3)n2)cc1. The van der Waals surface area contributed by atoms with Crippen LogP contribution in [0, 0.1) is 0 Å². The van der Waals surface area contributed by atoms with Gasteiger partial charge in [-0.05, 0) is 18.2 Å². The van der Waals surface area contributed by atoms with Gasteiger partial charge in [-0.3, -0.25) is 0 Å². The fraction of sp³-hybridized carbons (Fsp3) is 0.375. The molecule has 2 aromatic rings. The Labute approximate surface area is 125 Å². The number of aromatic nitrogens is 2. The molecule has 1 saturated heterocycles. The van der Waals surface area contributed by atoms with Crippen LogP contribution in [0.5, 0.6) is 0 Å². The number of piperazine rings is 1. The van der Waals surface area contributed by atoms with Crippen LogP contribution in [0.25, 0.3) is 11.3 Å². The first-order valence-electron chi connectivity index (χ1n) is 7.30. The zero-order valence-electron chi connectivity index (χ0n) is 12.6. The fourth-order valence-electron chi connectivity index (χ4n) is 2.46. The highest BCUT2D eigenvalue weighted by molar-refractivity contribution is 5.63. The standard InChI is InChI=1S/C16H21N5/c1-20(2)14-5-3-13(4-6-14)15-7-8-18-16(19-15)21-11-9-17-10-12-21/h3-8,17H,9-12H2,1-2H3. The van der Waals surface area contributed by atoms with Crippen molar-refractivity contribution in [1.82, 2.24) is 15.3 Å². The molecule has 0 aliphatic carbocycles. The van der Waals surface area contributed by atoms with Crippen LogP contribution in [0.15, 0.2) is 36.5 Å². The Hall–Kier alpha value is -2.14. The summed E-state index contributed by atoms with van der Waals surface area (Å²) in [5.41, 5.74) is 3.29. The minimum Gasteiger partial charge on any atom is -0.378 e. The number of rotatable bonds is 3. The Morgan fingerprint density at radius 3 is 2.43 bits per heavy atom. The molecule has 21 heavy (non-hydrogen) atoms. The molecule has 0 amide bonds. The molecule has 0 spiro atoms. The molecular weight excluding hydrogens is 262 g/mol. The van der Waals surface area contributed by atoms with Gasteiger partial charge in [-0.2, -0.15) is 0 Å². The molecular formula is C16H21N5. The van der Waals surface area contributed by atoms with E-state index in [4.69, 9.17) is 4.98 Å². The summed E-state index contributed by atoms with van der Waals surface area (Å²) in [6.45, 7) is 3.91. The molecule has 1 fully saturated rings. The van der Waals surface area contributed by atoms with Gasteiger partial charge in [0.15, 0.2) is 0 Å². The monoisotopic (exact) mass is 283 g/mol. The summed E-state index contributed by atoms with van der Waals surface area (Å²) in [6.07, 6.45) is 1.85. The highest BCUT2D eigenvalue weighted by Gasteiger charge is 2.13. The second-order valence-corrected chi connectivity index (χ2v) is 5.42. The van der Waals surface area contributed by atoms with E-state index < -0.39 is 0 Å². The minimum atomic E-state index is 0.825. The maximum atomic E-state index is 4.71. The van der Waals surface area contributed by atoms with Crippen molar-refractivity contribution in [3.63, 3.8) is 0 Å². The van der Waals surface area contributed by atoms with Crippen LogP contribution in [-0.2, 0) is 0 Å². The second kappa shape index (κ2) is 6.10. The van der Waals surface area contributed by atoms with Gasteiger partial charge >= 0.3 is 0 Å². The lowest BCUT2D eigenvalue weighted by Gasteiger charge is -2.27. The van der Waals surface area contributed by atoms with E-state index in [1.165, 1.54) is 5.69 Å². The first-order valence-corrected chi connectivity index (χ1v) is 7.30. The van der Waals surface area contributed by atoms with Gasteiger partial charge in [0, 0.05) is 57.7 Å². The van der Waals surface area contributed by atoms with Gasteiger partial charge in [0.05, 0.1) is 5.69 Å². The van der Waals surface area contributed by atoms with Crippen molar-refractivity contribution in [3.05, 3.63) is 36.5 Å². The average molecular weight is 283 g/mol. The lowest BCUT2D eigenvalue weighted by atomic mass is 10.1. The van der Waals surface area contributed by atoms with Crippen LogP contribution in [0.4, 0.5) is 11.6 Å². The van der Waals surface area contributed by atoms with E-state index in [0.717, 1.165) is 43.4 Å². The fourth-order valence-corrected chi connectivity index (χ4v) is 2.46. The summed E-state index contributed by atoms with van der Waals surface area (Å²) in [5.74, 6) is 0.825. The number of benzene rings is 1. The van der Waals surface area contributed by atoms with Crippen LogP contribution in [0.1, 0.15) is 0 Å². The van der Waals surface area contributed by atoms with Crippen LogP contribution in [-0.4, -0.2) is 50.2 Å². The van der Waals surface area contributed by atoms with E-state index in [9.17, 15) is 0 Å². The third-order valence-electron chi connectivity index (χ3n) is 3.72. The Bertz CT molecular complexity index is 588. The summed E-state index contributed by atoms with van der Waals surface area (Å²) in [7, 11) is 4.09. The second-order valence-electron chi connectivity index (χ2n) is 5.42. The summed E-state index contributed by atoms with van der Waals surface area (Å²) in [5, 5.41) is 3.35. The smallest absolute Gasteiger partial charge is 0.225 e. The first kappa shape index (κ1) is 13.8. The third kappa shape index (κ3) is 3.13.